The number of allylic oxidation sites excluding steroid dienone is 4. The van der Waals surface area contributed by atoms with Crippen LogP contribution in [0.2, 0.25) is 0 Å². The second-order valence-corrected chi connectivity index (χ2v) is 4.82. The Labute approximate surface area is 145 Å². The van der Waals surface area contributed by atoms with Crippen LogP contribution < -0.4 is 4.74 Å². The zero-order chi connectivity index (χ0) is 17.9. The summed E-state index contributed by atoms with van der Waals surface area (Å²) in [5.41, 5.74) is 3.52. The predicted octanol–water partition coefficient (Wildman–Crippen LogP) is 5.56. The van der Waals surface area contributed by atoms with Crippen molar-refractivity contribution in [2.24, 2.45) is 0 Å². The van der Waals surface area contributed by atoms with Crippen LogP contribution in [0.3, 0.4) is 0 Å². The Morgan fingerprint density at radius 3 is 2.21 bits per heavy atom. The molecular weight excluding hydrogens is 296 g/mol. The van der Waals surface area contributed by atoms with E-state index in [1.165, 1.54) is 0 Å². The average Bonchev–Trinajstić information content (AvgIpc) is 2.67. The fourth-order valence-corrected chi connectivity index (χ4v) is 2.36. The Hall–Kier alpha value is -2.58. The number of aliphatic hydroxyl groups excluding tert-OH is 1. The molecule has 2 aromatic carbocycles. The first-order valence-electron chi connectivity index (χ1n) is 8.07. The van der Waals surface area contributed by atoms with Crippen LogP contribution in [0.15, 0.2) is 79.9 Å². The number of aliphatic hydroxyl groups is 1. The van der Waals surface area contributed by atoms with E-state index in [1.54, 1.807) is 19.3 Å². The number of hydrogen-bond acceptors (Lipinski definition) is 2. The third kappa shape index (κ3) is 4.71. The molecule has 0 aromatic heterocycles. The van der Waals surface area contributed by atoms with E-state index in [0.29, 0.717) is 0 Å². The van der Waals surface area contributed by atoms with Crippen LogP contribution in [-0.4, -0.2) is 12.2 Å². The van der Waals surface area contributed by atoms with Gasteiger partial charge in [0.2, 0.25) is 0 Å². The van der Waals surface area contributed by atoms with Crippen molar-refractivity contribution >= 4 is 5.57 Å². The molecule has 126 valence electrons. The maximum atomic E-state index is 10.7. The van der Waals surface area contributed by atoms with Gasteiger partial charge in [-0.1, -0.05) is 81.6 Å². The zero-order valence-electron chi connectivity index (χ0n) is 14.7. The average molecular weight is 322 g/mol. The Morgan fingerprint density at radius 1 is 1.04 bits per heavy atom. The quantitative estimate of drug-likeness (QED) is 0.706. The molecule has 2 rings (SSSR count). The topological polar surface area (TPSA) is 29.5 Å². The summed E-state index contributed by atoms with van der Waals surface area (Å²) >= 11 is 0. The van der Waals surface area contributed by atoms with Gasteiger partial charge in [-0.2, -0.15) is 0 Å². The van der Waals surface area contributed by atoms with Gasteiger partial charge in [0.25, 0.3) is 0 Å². The lowest BCUT2D eigenvalue weighted by Crippen LogP contribution is -2.03. The second-order valence-electron chi connectivity index (χ2n) is 4.82. The second kappa shape index (κ2) is 10.2. The molecule has 24 heavy (non-hydrogen) atoms. The van der Waals surface area contributed by atoms with E-state index in [9.17, 15) is 5.11 Å². The van der Waals surface area contributed by atoms with E-state index in [1.807, 2.05) is 68.5 Å². The Morgan fingerprint density at radius 2 is 1.67 bits per heavy atom. The van der Waals surface area contributed by atoms with E-state index in [0.717, 1.165) is 28.0 Å². The predicted molar refractivity (Wildman–Crippen MR) is 103 cm³/mol. The number of hydrogen-bond donors (Lipinski definition) is 1. The van der Waals surface area contributed by atoms with E-state index in [2.05, 4.69) is 13.2 Å². The van der Waals surface area contributed by atoms with Gasteiger partial charge in [0.05, 0.1) is 7.11 Å². The minimum Gasteiger partial charge on any atom is -0.497 e. The molecule has 2 aromatic rings. The third-order valence-corrected chi connectivity index (χ3v) is 3.52. The highest BCUT2D eigenvalue weighted by Gasteiger charge is 2.15. The SMILES string of the molecule is C=C/C=C(\C=C)c1ccccc1C(O)c1ccc(OC)cc1.CC. The molecular formula is C22H26O2. The van der Waals surface area contributed by atoms with Crippen molar-refractivity contribution in [2.45, 2.75) is 20.0 Å². The summed E-state index contributed by atoms with van der Waals surface area (Å²) in [6.45, 7) is 11.6. The summed E-state index contributed by atoms with van der Waals surface area (Å²) in [5, 5.41) is 10.7. The van der Waals surface area contributed by atoms with Gasteiger partial charge >= 0.3 is 0 Å². The molecule has 1 atom stereocenters. The van der Waals surface area contributed by atoms with E-state index in [-0.39, 0.29) is 0 Å². The highest BCUT2D eigenvalue weighted by atomic mass is 16.5. The standard InChI is InChI=1S/C20H20O2.C2H6/c1-4-8-15(5-2)18-9-6-7-10-19(18)20(21)16-11-13-17(22-3)14-12-16;1-2/h4-14,20-21H,1-2H2,3H3;1-2H3/b15-8+;. The van der Waals surface area contributed by atoms with Crippen LogP contribution in [0, 0.1) is 0 Å². The van der Waals surface area contributed by atoms with Crippen LogP contribution in [0.1, 0.15) is 36.6 Å². The van der Waals surface area contributed by atoms with Crippen molar-refractivity contribution in [1.82, 2.24) is 0 Å². The van der Waals surface area contributed by atoms with Gasteiger partial charge < -0.3 is 9.84 Å². The molecule has 2 nitrogen and oxygen atoms in total. The number of methoxy groups -OCH3 is 1. The minimum atomic E-state index is -0.713. The van der Waals surface area contributed by atoms with Crippen LogP contribution in [0.25, 0.3) is 5.57 Å². The first-order valence-corrected chi connectivity index (χ1v) is 8.07. The lowest BCUT2D eigenvalue weighted by molar-refractivity contribution is 0.220. The van der Waals surface area contributed by atoms with Gasteiger partial charge in [-0.05, 0) is 34.4 Å². The third-order valence-electron chi connectivity index (χ3n) is 3.52. The fraction of sp³-hybridized carbons (Fsp3) is 0.182. The molecule has 0 aliphatic rings. The van der Waals surface area contributed by atoms with E-state index < -0.39 is 6.10 Å². The molecule has 0 heterocycles. The lowest BCUT2D eigenvalue weighted by Gasteiger charge is -2.17. The first-order chi connectivity index (χ1) is 11.7. The van der Waals surface area contributed by atoms with E-state index in [4.69, 9.17) is 4.74 Å². The fourth-order valence-electron chi connectivity index (χ4n) is 2.36. The molecule has 0 spiro atoms. The van der Waals surface area contributed by atoms with Gasteiger partial charge in [0, 0.05) is 0 Å². The highest BCUT2D eigenvalue weighted by molar-refractivity contribution is 5.77. The Bertz CT molecular complexity index is 681. The van der Waals surface area contributed by atoms with Gasteiger partial charge in [-0.3, -0.25) is 0 Å². The molecule has 0 saturated heterocycles. The summed E-state index contributed by atoms with van der Waals surface area (Å²) in [6.07, 6.45) is 4.65. The van der Waals surface area contributed by atoms with Crippen molar-refractivity contribution in [3.8, 4) is 5.75 Å². The molecule has 1 N–H and O–H groups in total. The van der Waals surface area contributed by atoms with Crippen molar-refractivity contribution in [3.63, 3.8) is 0 Å². The molecule has 0 amide bonds. The van der Waals surface area contributed by atoms with Crippen molar-refractivity contribution in [1.29, 1.82) is 0 Å². The molecule has 2 heteroatoms. The summed E-state index contributed by atoms with van der Waals surface area (Å²) in [5.74, 6) is 0.766. The zero-order valence-corrected chi connectivity index (χ0v) is 14.7. The number of benzene rings is 2. The van der Waals surface area contributed by atoms with Crippen molar-refractivity contribution in [3.05, 3.63) is 96.6 Å². The van der Waals surface area contributed by atoms with E-state index >= 15 is 0 Å². The molecule has 0 aliphatic carbocycles. The molecule has 0 aliphatic heterocycles. The summed E-state index contributed by atoms with van der Waals surface area (Å²) in [7, 11) is 1.62. The largest absolute Gasteiger partial charge is 0.497 e. The monoisotopic (exact) mass is 322 g/mol. The first kappa shape index (κ1) is 19.5. The van der Waals surface area contributed by atoms with Gasteiger partial charge in [0.1, 0.15) is 11.9 Å². The number of ether oxygens (including phenoxy) is 1. The molecule has 0 radical (unpaired) electrons. The minimum absolute atomic E-state index is 0.713. The summed E-state index contributed by atoms with van der Waals surface area (Å²) in [4.78, 5) is 0. The summed E-state index contributed by atoms with van der Waals surface area (Å²) in [6, 6.07) is 15.2. The molecule has 0 fully saturated rings. The maximum absolute atomic E-state index is 10.7. The Balaban J connectivity index is 0.00000139. The lowest BCUT2D eigenvalue weighted by atomic mass is 9.92. The molecule has 1 unspecified atom stereocenters. The van der Waals surface area contributed by atoms with Gasteiger partial charge in [0.15, 0.2) is 0 Å². The molecule has 0 saturated carbocycles. The van der Waals surface area contributed by atoms with Crippen LogP contribution in [0.4, 0.5) is 0 Å². The summed E-state index contributed by atoms with van der Waals surface area (Å²) < 4.78 is 5.15. The molecule has 0 bridgehead atoms. The van der Waals surface area contributed by atoms with Crippen molar-refractivity contribution in [2.75, 3.05) is 7.11 Å². The highest BCUT2D eigenvalue weighted by Crippen LogP contribution is 2.30. The maximum Gasteiger partial charge on any atom is 0.118 e. The van der Waals surface area contributed by atoms with Crippen molar-refractivity contribution < 1.29 is 9.84 Å². The van der Waals surface area contributed by atoms with Gasteiger partial charge in [-0.15, -0.1) is 0 Å². The van der Waals surface area contributed by atoms with Crippen LogP contribution in [-0.2, 0) is 0 Å². The normalized spacial score (nSPS) is 11.8. The Kier molecular flexibility index (Phi) is 8.31. The smallest absolute Gasteiger partial charge is 0.118 e. The van der Waals surface area contributed by atoms with Gasteiger partial charge in [-0.25, -0.2) is 0 Å². The number of rotatable bonds is 6. The van der Waals surface area contributed by atoms with Crippen LogP contribution in [0.5, 0.6) is 5.75 Å². The van der Waals surface area contributed by atoms with Crippen LogP contribution >= 0.6 is 0 Å².